The molecule has 148 valence electrons. The molecule has 0 saturated heterocycles. The number of rotatable bonds is 15. The Balaban J connectivity index is 1.66. The van der Waals surface area contributed by atoms with Crippen molar-refractivity contribution in [3.05, 3.63) is 71.8 Å². The Kier molecular flexibility index (Phi) is 11.5. The second kappa shape index (κ2) is 14.4. The fourth-order valence-electron chi connectivity index (χ4n) is 3.11. The maximum absolute atomic E-state index is 8.90. The molecule has 2 aromatic rings. The average Bonchev–Trinajstić information content (AvgIpc) is 2.72. The van der Waals surface area contributed by atoms with Crippen molar-refractivity contribution < 1.29 is 14.6 Å². The Hall–Kier alpha value is -1.68. The zero-order valence-corrected chi connectivity index (χ0v) is 16.4. The molecule has 1 N–H and O–H groups in total. The van der Waals surface area contributed by atoms with Gasteiger partial charge in [0.05, 0.1) is 19.3 Å². The van der Waals surface area contributed by atoms with Crippen LogP contribution >= 0.6 is 0 Å². The molecule has 0 aliphatic rings. The van der Waals surface area contributed by atoms with Gasteiger partial charge in [0, 0.05) is 13.2 Å². The quantitative estimate of drug-likeness (QED) is 0.420. The van der Waals surface area contributed by atoms with Gasteiger partial charge in [-0.3, -0.25) is 0 Å². The van der Waals surface area contributed by atoms with Gasteiger partial charge in [-0.1, -0.05) is 79.9 Å². The molecule has 0 spiro atoms. The van der Waals surface area contributed by atoms with Gasteiger partial charge in [-0.25, -0.2) is 0 Å². The van der Waals surface area contributed by atoms with Gasteiger partial charge >= 0.3 is 0 Å². The van der Waals surface area contributed by atoms with Gasteiger partial charge in [-0.15, -0.1) is 0 Å². The zero-order valence-electron chi connectivity index (χ0n) is 16.4. The minimum absolute atomic E-state index is 0.277. The number of hydrogen-bond donors (Lipinski definition) is 1. The van der Waals surface area contributed by atoms with Crippen LogP contribution in [-0.2, 0) is 22.7 Å². The Morgan fingerprint density at radius 3 is 1.93 bits per heavy atom. The van der Waals surface area contributed by atoms with Crippen LogP contribution in [0.5, 0.6) is 0 Å². The van der Waals surface area contributed by atoms with E-state index in [0.29, 0.717) is 19.8 Å². The maximum Gasteiger partial charge on any atom is 0.0720 e. The van der Waals surface area contributed by atoms with Crippen LogP contribution in [0.2, 0.25) is 0 Å². The lowest BCUT2D eigenvalue weighted by atomic mass is 10.1. The molecule has 27 heavy (non-hydrogen) atoms. The van der Waals surface area contributed by atoms with Crippen molar-refractivity contribution in [2.45, 2.75) is 64.3 Å². The van der Waals surface area contributed by atoms with Crippen LogP contribution in [0.3, 0.4) is 0 Å². The third-order valence-corrected chi connectivity index (χ3v) is 4.69. The summed E-state index contributed by atoms with van der Waals surface area (Å²) in [6, 6.07) is 20.7. The molecular weight excluding hydrogens is 336 g/mol. The largest absolute Gasteiger partial charge is 0.396 e. The number of ether oxygens (including phenoxy) is 2. The molecule has 3 nitrogen and oxygen atoms in total. The minimum Gasteiger partial charge on any atom is -0.396 e. The van der Waals surface area contributed by atoms with Gasteiger partial charge in [-0.2, -0.15) is 0 Å². The fourth-order valence-corrected chi connectivity index (χ4v) is 3.11. The summed E-state index contributed by atoms with van der Waals surface area (Å²) in [5.41, 5.74) is 2.45. The number of aliphatic hydroxyl groups excluding tert-OH is 1. The summed E-state index contributed by atoms with van der Waals surface area (Å²) in [6.45, 7) is 2.42. The molecule has 0 aromatic heterocycles. The van der Waals surface area contributed by atoms with Crippen LogP contribution in [-0.4, -0.2) is 24.4 Å². The molecule has 0 aliphatic heterocycles. The molecule has 0 aliphatic carbocycles. The van der Waals surface area contributed by atoms with Crippen LogP contribution in [0.25, 0.3) is 0 Å². The van der Waals surface area contributed by atoms with E-state index in [1.165, 1.54) is 11.1 Å². The molecule has 0 radical (unpaired) electrons. The van der Waals surface area contributed by atoms with Crippen LogP contribution in [0.1, 0.15) is 56.1 Å². The average molecular weight is 371 g/mol. The third kappa shape index (κ3) is 10.3. The summed E-state index contributed by atoms with van der Waals surface area (Å²) >= 11 is 0. The highest BCUT2D eigenvalue weighted by atomic mass is 16.5. The molecular formula is C24H34O3. The topological polar surface area (TPSA) is 38.7 Å². The molecule has 0 saturated carbocycles. The smallest absolute Gasteiger partial charge is 0.0720 e. The standard InChI is InChI=1S/C24H34O3/c25-18-10-2-1-9-16-24(27-21-23-14-7-4-8-15-23)17-11-19-26-20-22-12-5-3-6-13-22/h3-8,12-15,24-25H,1-2,9-11,16-21H2/t24-/m0/s1. The van der Waals surface area contributed by atoms with Gasteiger partial charge in [0.2, 0.25) is 0 Å². The molecule has 0 heterocycles. The molecule has 3 heteroatoms. The van der Waals surface area contributed by atoms with Crippen LogP contribution < -0.4 is 0 Å². The van der Waals surface area contributed by atoms with Crippen molar-refractivity contribution in [3.8, 4) is 0 Å². The molecule has 0 unspecified atom stereocenters. The molecule has 0 fully saturated rings. The predicted molar refractivity (Wildman–Crippen MR) is 111 cm³/mol. The number of aliphatic hydroxyl groups is 1. The SMILES string of the molecule is OCCCCCC[C@@H](CCCOCc1ccccc1)OCc1ccccc1. The Labute approximate surface area is 164 Å². The van der Waals surface area contributed by atoms with Crippen molar-refractivity contribution in [3.63, 3.8) is 0 Å². The summed E-state index contributed by atoms with van der Waals surface area (Å²) in [6.07, 6.45) is 7.73. The van der Waals surface area contributed by atoms with E-state index in [1.54, 1.807) is 0 Å². The van der Waals surface area contributed by atoms with Crippen molar-refractivity contribution in [2.24, 2.45) is 0 Å². The molecule has 2 aromatic carbocycles. The highest BCUT2D eigenvalue weighted by Crippen LogP contribution is 2.16. The van der Waals surface area contributed by atoms with Gasteiger partial charge in [0.1, 0.15) is 0 Å². The van der Waals surface area contributed by atoms with E-state index in [-0.39, 0.29) is 6.10 Å². The molecule has 1 atom stereocenters. The molecule has 0 bridgehead atoms. The minimum atomic E-state index is 0.277. The number of unbranched alkanes of at least 4 members (excludes halogenated alkanes) is 3. The summed E-state index contributed by atoms with van der Waals surface area (Å²) in [5, 5.41) is 8.90. The first-order valence-electron chi connectivity index (χ1n) is 10.3. The molecule has 0 amide bonds. The monoisotopic (exact) mass is 370 g/mol. The van der Waals surface area contributed by atoms with Gasteiger partial charge < -0.3 is 14.6 Å². The van der Waals surface area contributed by atoms with Gasteiger partial charge in [0.25, 0.3) is 0 Å². The highest BCUT2D eigenvalue weighted by molar-refractivity contribution is 5.14. The summed E-state index contributed by atoms with van der Waals surface area (Å²) in [5.74, 6) is 0. The van der Waals surface area contributed by atoms with Crippen molar-refractivity contribution >= 4 is 0 Å². The summed E-state index contributed by atoms with van der Waals surface area (Å²) in [4.78, 5) is 0. The number of hydrogen-bond acceptors (Lipinski definition) is 3. The predicted octanol–water partition coefficient (Wildman–Crippen LogP) is 5.51. The van der Waals surface area contributed by atoms with Crippen LogP contribution in [0.15, 0.2) is 60.7 Å². The maximum atomic E-state index is 8.90. The van der Waals surface area contributed by atoms with Crippen LogP contribution in [0, 0.1) is 0 Å². The first kappa shape index (κ1) is 21.6. The van der Waals surface area contributed by atoms with E-state index < -0.39 is 0 Å². The Morgan fingerprint density at radius 2 is 1.26 bits per heavy atom. The van der Waals surface area contributed by atoms with E-state index in [0.717, 1.165) is 51.6 Å². The van der Waals surface area contributed by atoms with E-state index >= 15 is 0 Å². The molecule has 2 rings (SSSR count). The van der Waals surface area contributed by atoms with Crippen molar-refractivity contribution in [2.75, 3.05) is 13.2 Å². The Bertz CT molecular complexity index is 571. The van der Waals surface area contributed by atoms with E-state index in [1.807, 2.05) is 24.3 Å². The van der Waals surface area contributed by atoms with E-state index in [9.17, 15) is 0 Å². The first-order valence-corrected chi connectivity index (χ1v) is 10.3. The summed E-state index contributed by atoms with van der Waals surface area (Å²) in [7, 11) is 0. The van der Waals surface area contributed by atoms with Gasteiger partial charge in [0.15, 0.2) is 0 Å². The summed E-state index contributed by atoms with van der Waals surface area (Å²) < 4.78 is 12.0. The second-order valence-electron chi connectivity index (χ2n) is 7.03. The van der Waals surface area contributed by atoms with Gasteiger partial charge in [-0.05, 0) is 36.8 Å². The van der Waals surface area contributed by atoms with E-state index in [2.05, 4.69) is 36.4 Å². The first-order chi connectivity index (χ1) is 13.4. The van der Waals surface area contributed by atoms with Crippen molar-refractivity contribution in [1.82, 2.24) is 0 Å². The number of benzene rings is 2. The lowest BCUT2D eigenvalue weighted by Crippen LogP contribution is -2.14. The second-order valence-corrected chi connectivity index (χ2v) is 7.03. The zero-order chi connectivity index (χ0) is 19.0. The lowest BCUT2D eigenvalue weighted by molar-refractivity contribution is 0.0186. The highest BCUT2D eigenvalue weighted by Gasteiger charge is 2.09. The van der Waals surface area contributed by atoms with Crippen LogP contribution in [0.4, 0.5) is 0 Å². The fraction of sp³-hybridized carbons (Fsp3) is 0.500. The lowest BCUT2D eigenvalue weighted by Gasteiger charge is -2.18. The third-order valence-electron chi connectivity index (χ3n) is 4.69. The van der Waals surface area contributed by atoms with Crippen molar-refractivity contribution in [1.29, 1.82) is 0 Å². The normalized spacial score (nSPS) is 12.2. The van der Waals surface area contributed by atoms with E-state index in [4.69, 9.17) is 14.6 Å². The Morgan fingerprint density at radius 1 is 0.667 bits per heavy atom.